The van der Waals surface area contributed by atoms with Crippen molar-refractivity contribution in [3.05, 3.63) is 23.8 Å². The number of nitrogens with two attached hydrogens (primary N) is 1. The van der Waals surface area contributed by atoms with Crippen LogP contribution in [0.2, 0.25) is 0 Å². The van der Waals surface area contributed by atoms with Crippen LogP contribution in [0.4, 0.5) is 24.5 Å². The van der Waals surface area contributed by atoms with E-state index in [4.69, 9.17) is 5.73 Å². The molecule has 0 amide bonds. The number of likely N-dealkylation sites (tertiary alicyclic amines) is 1. The van der Waals surface area contributed by atoms with Crippen LogP contribution in [0.1, 0.15) is 18.4 Å². The van der Waals surface area contributed by atoms with E-state index < -0.39 is 11.7 Å². The molecule has 0 atom stereocenters. The van der Waals surface area contributed by atoms with Crippen molar-refractivity contribution in [1.82, 2.24) is 4.90 Å². The van der Waals surface area contributed by atoms with Gasteiger partial charge in [0.2, 0.25) is 0 Å². The van der Waals surface area contributed by atoms with Gasteiger partial charge in [-0.05, 0) is 44.1 Å². The number of nitrogens with one attached hydrogen (secondary N) is 1. The Kier molecular flexibility index (Phi) is 4.19. The first-order chi connectivity index (χ1) is 8.97. The van der Waals surface area contributed by atoms with Gasteiger partial charge in [-0.3, -0.25) is 0 Å². The van der Waals surface area contributed by atoms with Crippen molar-refractivity contribution in [2.24, 2.45) is 0 Å². The minimum absolute atomic E-state index is 0.0981. The average Bonchev–Trinajstić information content (AvgIpc) is 2.83. The molecule has 19 heavy (non-hydrogen) atoms. The minimum atomic E-state index is -4.38. The molecule has 106 valence electrons. The Morgan fingerprint density at radius 1 is 1.21 bits per heavy atom. The number of alkyl halides is 3. The van der Waals surface area contributed by atoms with Crippen LogP contribution in [0.15, 0.2) is 18.2 Å². The largest absolute Gasteiger partial charge is 0.418 e. The van der Waals surface area contributed by atoms with Gasteiger partial charge in [-0.15, -0.1) is 0 Å². The minimum Gasteiger partial charge on any atom is -0.399 e. The number of benzene rings is 1. The molecule has 1 fully saturated rings. The predicted octanol–water partition coefficient (Wildman–Crippen LogP) is 2.80. The van der Waals surface area contributed by atoms with Crippen LogP contribution in [-0.2, 0) is 6.18 Å². The molecule has 0 aromatic heterocycles. The quantitative estimate of drug-likeness (QED) is 0.829. The molecule has 0 aliphatic carbocycles. The van der Waals surface area contributed by atoms with Crippen molar-refractivity contribution < 1.29 is 13.2 Å². The molecule has 3 nitrogen and oxygen atoms in total. The van der Waals surface area contributed by atoms with Crippen LogP contribution < -0.4 is 11.1 Å². The van der Waals surface area contributed by atoms with E-state index in [1.165, 1.54) is 25.0 Å². The van der Waals surface area contributed by atoms with Gasteiger partial charge in [-0.2, -0.15) is 13.2 Å². The molecule has 1 aliphatic heterocycles. The van der Waals surface area contributed by atoms with E-state index in [1.807, 2.05) is 0 Å². The summed E-state index contributed by atoms with van der Waals surface area (Å²) in [5.41, 5.74) is 4.94. The van der Waals surface area contributed by atoms with Gasteiger partial charge in [0.1, 0.15) is 0 Å². The third-order valence-electron chi connectivity index (χ3n) is 3.29. The predicted molar refractivity (Wildman–Crippen MR) is 70.0 cm³/mol. The highest BCUT2D eigenvalue weighted by Crippen LogP contribution is 2.35. The first kappa shape index (κ1) is 14.0. The van der Waals surface area contributed by atoms with Gasteiger partial charge in [-0.1, -0.05) is 0 Å². The number of nitrogen functional groups attached to an aromatic ring is 1. The molecule has 6 heteroatoms. The van der Waals surface area contributed by atoms with Gasteiger partial charge in [-0.25, -0.2) is 0 Å². The molecule has 0 saturated carbocycles. The number of hydrogen-bond donors (Lipinski definition) is 2. The lowest BCUT2D eigenvalue weighted by Crippen LogP contribution is -2.26. The highest BCUT2D eigenvalue weighted by molar-refractivity contribution is 5.59. The molecule has 1 heterocycles. The molecule has 0 spiro atoms. The van der Waals surface area contributed by atoms with Crippen LogP contribution in [0.25, 0.3) is 0 Å². The van der Waals surface area contributed by atoms with Gasteiger partial charge < -0.3 is 16.0 Å². The summed E-state index contributed by atoms with van der Waals surface area (Å²) >= 11 is 0. The highest BCUT2D eigenvalue weighted by atomic mass is 19.4. The summed E-state index contributed by atoms with van der Waals surface area (Å²) in [6.45, 7) is 3.35. The summed E-state index contributed by atoms with van der Waals surface area (Å²) in [5, 5.41) is 2.86. The normalized spacial score (nSPS) is 16.8. The van der Waals surface area contributed by atoms with E-state index in [2.05, 4.69) is 10.2 Å². The van der Waals surface area contributed by atoms with E-state index in [0.717, 1.165) is 25.7 Å². The Morgan fingerprint density at radius 2 is 1.89 bits per heavy atom. The molecule has 1 aromatic carbocycles. The summed E-state index contributed by atoms with van der Waals surface area (Å²) in [4.78, 5) is 2.25. The molecular weight excluding hydrogens is 255 g/mol. The standard InChI is InChI=1S/C13H18F3N3/c14-13(15,16)11-9-10(17)3-4-12(11)18-5-8-19-6-1-2-7-19/h3-4,9,18H,1-2,5-8,17H2. The van der Waals surface area contributed by atoms with Crippen molar-refractivity contribution in [2.45, 2.75) is 19.0 Å². The third kappa shape index (κ3) is 3.76. The van der Waals surface area contributed by atoms with Gasteiger partial charge in [0.25, 0.3) is 0 Å². The van der Waals surface area contributed by atoms with Crippen LogP contribution in [-0.4, -0.2) is 31.1 Å². The molecular formula is C13H18F3N3. The van der Waals surface area contributed by atoms with Crippen molar-refractivity contribution in [3.63, 3.8) is 0 Å². The fourth-order valence-electron chi connectivity index (χ4n) is 2.31. The molecule has 0 bridgehead atoms. The Bertz CT molecular complexity index is 426. The van der Waals surface area contributed by atoms with Gasteiger partial charge in [0, 0.05) is 24.5 Å². The highest BCUT2D eigenvalue weighted by Gasteiger charge is 2.33. The third-order valence-corrected chi connectivity index (χ3v) is 3.29. The molecule has 0 unspecified atom stereocenters. The first-order valence-electron chi connectivity index (χ1n) is 6.40. The van der Waals surface area contributed by atoms with E-state index in [-0.39, 0.29) is 11.4 Å². The summed E-state index contributed by atoms with van der Waals surface area (Å²) < 4.78 is 38.6. The van der Waals surface area contributed by atoms with Crippen molar-refractivity contribution in [2.75, 3.05) is 37.2 Å². The second-order valence-electron chi connectivity index (χ2n) is 4.78. The number of nitrogens with zero attached hydrogens (tertiary/aromatic N) is 1. The first-order valence-corrected chi connectivity index (χ1v) is 6.40. The lowest BCUT2D eigenvalue weighted by atomic mass is 10.1. The summed E-state index contributed by atoms with van der Waals surface area (Å²) in [6.07, 6.45) is -2.03. The maximum atomic E-state index is 12.9. The number of halogens is 3. The molecule has 1 saturated heterocycles. The number of hydrogen-bond acceptors (Lipinski definition) is 3. The molecule has 1 aliphatic rings. The molecule has 1 aromatic rings. The van der Waals surface area contributed by atoms with E-state index in [1.54, 1.807) is 0 Å². The zero-order chi connectivity index (χ0) is 13.9. The van der Waals surface area contributed by atoms with Crippen LogP contribution in [0.3, 0.4) is 0 Å². The lowest BCUT2D eigenvalue weighted by molar-refractivity contribution is -0.136. The Hall–Kier alpha value is -1.43. The maximum absolute atomic E-state index is 12.9. The van der Waals surface area contributed by atoms with Crippen LogP contribution >= 0.6 is 0 Å². The zero-order valence-corrected chi connectivity index (χ0v) is 10.6. The fraction of sp³-hybridized carbons (Fsp3) is 0.538. The lowest BCUT2D eigenvalue weighted by Gasteiger charge is -2.18. The van der Waals surface area contributed by atoms with E-state index in [9.17, 15) is 13.2 Å². The van der Waals surface area contributed by atoms with Crippen molar-refractivity contribution in [1.29, 1.82) is 0 Å². The SMILES string of the molecule is Nc1ccc(NCCN2CCCC2)c(C(F)(F)F)c1. The Labute approximate surface area is 110 Å². The second kappa shape index (κ2) is 5.69. The van der Waals surface area contributed by atoms with Crippen molar-refractivity contribution in [3.8, 4) is 0 Å². The zero-order valence-electron chi connectivity index (χ0n) is 10.6. The van der Waals surface area contributed by atoms with Gasteiger partial charge in [0.05, 0.1) is 5.56 Å². The maximum Gasteiger partial charge on any atom is 0.418 e. The fourth-order valence-corrected chi connectivity index (χ4v) is 2.31. The van der Waals surface area contributed by atoms with Gasteiger partial charge in [0.15, 0.2) is 0 Å². The van der Waals surface area contributed by atoms with Crippen molar-refractivity contribution >= 4 is 11.4 Å². The summed E-state index contributed by atoms with van der Waals surface area (Å²) in [7, 11) is 0. The Balaban J connectivity index is 1.98. The Morgan fingerprint density at radius 3 is 2.53 bits per heavy atom. The average molecular weight is 273 g/mol. The van der Waals surface area contributed by atoms with E-state index >= 15 is 0 Å². The summed E-state index contributed by atoms with van der Waals surface area (Å²) in [5.74, 6) is 0. The van der Waals surface area contributed by atoms with Crippen LogP contribution in [0.5, 0.6) is 0 Å². The molecule has 0 radical (unpaired) electrons. The number of rotatable bonds is 4. The summed E-state index contributed by atoms with van der Waals surface area (Å²) in [6, 6.07) is 3.84. The smallest absolute Gasteiger partial charge is 0.399 e. The van der Waals surface area contributed by atoms with E-state index in [0.29, 0.717) is 6.54 Å². The van der Waals surface area contributed by atoms with Gasteiger partial charge >= 0.3 is 6.18 Å². The topological polar surface area (TPSA) is 41.3 Å². The molecule has 2 rings (SSSR count). The second-order valence-corrected chi connectivity index (χ2v) is 4.78. The van der Waals surface area contributed by atoms with Crippen LogP contribution in [0, 0.1) is 0 Å². The molecule has 3 N–H and O–H groups in total. The number of anilines is 2. The monoisotopic (exact) mass is 273 g/mol.